The Kier molecular flexibility index (Phi) is 3.28. The Labute approximate surface area is 96.6 Å². The van der Waals surface area contributed by atoms with Crippen molar-refractivity contribution in [1.29, 1.82) is 0 Å². The van der Waals surface area contributed by atoms with Gasteiger partial charge < -0.3 is 4.74 Å². The minimum absolute atomic E-state index is 0.409. The third-order valence-corrected chi connectivity index (χ3v) is 3.40. The highest BCUT2D eigenvalue weighted by molar-refractivity contribution is 5.80. The Bertz CT molecular complexity index is 396. The van der Waals surface area contributed by atoms with Crippen molar-refractivity contribution >= 4 is 5.78 Å². The zero-order valence-electron chi connectivity index (χ0n) is 9.95. The van der Waals surface area contributed by atoms with Gasteiger partial charge in [0.05, 0.1) is 7.11 Å². The zero-order valence-corrected chi connectivity index (χ0v) is 9.95. The molecule has 0 amide bonds. The standard InChI is InChI=1S/C14H18O2/c1-10-8-13(16-2)6-7-14(10)11-4-3-5-12(15)9-11/h6-8,11H,3-5,9H2,1-2H3. The molecule has 1 saturated carbocycles. The van der Waals surface area contributed by atoms with Crippen LogP contribution in [-0.2, 0) is 4.79 Å². The summed E-state index contributed by atoms with van der Waals surface area (Å²) in [4.78, 5) is 11.5. The average Bonchev–Trinajstić information content (AvgIpc) is 2.28. The van der Waals surface area contributed by atoms with E-state index in [1.54, 1.807) is 7.11 Å². The zero-order chi connectivity index (χ0) is 11.5. The third kappa shape index (κ3) is 2.26. The quantitative estimate of drug-likeness (QED) is 0.761. The summed E-state index contributed by atoms with van der Waals surface area (Å²) in [6.45, 7) is 2.09. The summed E-state index contributed by atoms with van der Waals surface area (Å²) in [6, 6.07) is 6.15. The summed E-state index contributed by atoms with van der Waals surface area (Å²) >= 11 is 0. The summed E-state index contributed by atoms with van der Waals surface area (Å²) < 4.78 is 5.19. The number of rotatable bonds is 2. The van der Waals surface area contributed by atoms with Crippen LogP contribution in [0.1, 0.15) is 42.7 Å². The highest BCUT2D eigenvalue weighted by Crippen LogP contribution is 2.33. The predicted molar refractivity (Wildman–Crippen MR) is 63.9 cm³/mol. The number of carbonyl (C=O) groups excluding carboxylic acids is 1. The van der Waals surface area contributed by atoms with Gasteiger partial charge in [0.15, 0.2) is 0 Å². The first kappa shape index (κ1) is 11.2. The Morgan fingerprint density at radius 3 is 2.81 bits per heavy atom. The lowest BCUT2D eigenvalue weighted by Gasteiger charge is -2.23. The first-order valence-corrected chi connectivity index (χ1v) is 5.87. The van der Waals surface area contributed by atoms with Gasteiger partial charge in [0.25, 0.3) is 0 Å². The van der Waals surface area contributed by atoms with Gasteiger partial charge in [-0.25, -0.2) is 0 Å². The van der Waals surface area contributed by atoms with E-state index >= 15 is 0 Å². The summed E-state index contributed by atoms with van der Waals surface area (Å²) in [7, 11) is 1.68. The molecule has 0 saturated heterocycles. The number of ether oxygens (including phenoxy) is 1. The predicted octanol–water partition coefficient (Wildman–Crippen LogP) is 3.23. The topological polar surface area (TPSA) is 26.3 Å². The van der Waals surface area contributed by atoms with Gasteiger partial charge >= 0.3 is 0 Å². The molecule has 2 nitrogen and oxygen atoms in total. The van der Waals surface area contributed by atoms with E-state index in [9.17, 15) is 4.79 Å². The number of hydrogen-bond donors (Lipinski definition) is 0. The molecule has 1 aliphatic rings. The van der Waals surface area contributed by atoms with Crippen LogP contribution in [0, 0.1) is 6.92 Å². The van der Waals surface area contributed by atoms with Crippen LogP contribution >= 0.6 is 0 Å². The van der Waals surface area contributed by atoms with E-state index in [4.69, 9.17) is 4.74 Å². The lowest BCUT2D eigenvalue weighted by molar-refractivity contribution is -0.120. The maximum atomic E-state index is 11.5. The molecule has 0 bridgehead atoms. The van der Waals surface area contributed by atoms with Crippen LogP contribution in [0.3, 0.4) is 0 Å². The third-order valence-electron chi connectivity index (χ3n) is 3.40. The molecule has 0 heterocycles. The number of carbonyl (C=O) groups is 1. The SMILES string of the molecule is COc1ccc(C2CCCC(=O)C2)c(C)c1. The molecular formula is C14H18O2. The van der Waals surface area contributed by atoms with Crippen LogP contribution in [-0.4, -0.2) is 12.9 Å². The van der Waals surface area contributed by atoms with Crippen LogP contribution in [0.15, 0.2) is 18.2 Å². The smallest absolute Gasteiger partial charge is 0.133 e. The van der Waals surface area contributed by atoms with E-state index < -0.39 is 0 Å². The molecule has 16 heavy (non-hydrogen) atoms. The minimum atomic E-state index is 0.409. The Morgan fingerprint density at radius 1 is 1.38 bits per heavy atom. The maximum absolute atomic E-state index is 11.5. The molecule has 0 N–H and O–H groups in total. The summed E-state index contributed by atoms with van der Waals surface area (Å²) in [6.07, 6.45) is 3.66. The van der Waals surface area contributed by atoms with Crippen molar-refractivity contribution in [3.63, 3.8) is 0 Å². The number of aryl methyl sites for hydroxylation is 1. The second-order valence-electron chi connectivity index (χ2n) is 4.55. The van der Waals surface area contributed by atoms with Crippen molar-refractivity contribution in [2.45, 2.75) is 38.5 Å². The van der Waals surface area contributed by atoms with Gasteiger partial charge in [-0.1, -0.05) is 6.07 Å². The van der Waals surface area contributed by atoms with E-state index in [0.717, 1.165) is 25.0 Å². The Hall–Kier alpha value is -1.31. The van der Waals surface area contributed by atoms with Crippen molar-refractivity contribution in [2.75, 3.05) is 7.11 Å². The van der Waals surface area contributed by atoms with Gasteiger partial charge in [-0.05, 0) is 48.9 Å². The van der Waals surface area contributed by atoms with Crippen LogP contribution in [0.25, 0.3) is 0 Å². The molecule has 0 spiro atoms. The normalized spacial score (nSPS) is 20.9. The Morgan fingerprint density at radius 2 is 2.19 bits per heavy atom. The van der Waals surface area contributed by atoms with Crippen molar-refractivity contribution in [2.24, 2.45) is 0 Å². The molecule has 0 aliphatic heterocycles. The molecule has 1 atom stereocenters. The first-order valence-electron chi connectivity index (χ1n) is 5.87. The lowest BCUT2D eigenvalue weighted by atomic mass is 9.82. The largest absolute Gasteiger partial charge is 0.497 e. The fourth-order valence-electron chi connectivity index (χ4n) is 2.52. The highest BCUT2D eigenvalue weighted by Gasteiger charge is 2.22. The second kappa shape index (κ2) is 4.69. The Balaban J connectivity index is 2.22. The fourth-order valence-corrected chi connectivity index (χ4v) is 2.52. The molecule has 1 aromatic carbocycles. The number of methoxy groups -OCH3 is 1. The van der Waals surface area contributed by atoms with Gasteiger partial charge in [-0.3, -0.25) is 4.79 Å². The van der Waals surface area contributed by atoms with Crippen molar-refractivity contribution in [3.05, 3.63) is 29.3 Å². The lowest BCUT2D eigenvalue weighted by Crippen LogP contribution is -2.14. The van der Waals surface area contributed by atoms with E-state index in [1.165, 1.54) is 11.1 Å². The van der Waals surface area contributed by atoms with Gasteiger partial charge in [0.2, 0.25) is 0 Å². The van der Waals surface area contributed by atoms with Crippen LogP contribution in [0.5, 0.6) is 5.75 Å². The van der Waals surface area contributed by atoms with Crippen LogP contribution in [0.2, 0.25) is 0 Å². The van der Waals surface area contributed by atoms with Gasteiger partial charge in [-0.2, -0.15) is 0 Å². The summed E-state index contributed by atoms with van der Waals surface area (Å²) in [5.41, 5.74) is 2.55. The number of ketones is 1. The van der Waals surface area contributed by atoms with E-state index in [-0.39, 0.29) is 0 Å². The first-order chi connectivity index (χ1) is 7.70. The van der Waals surface area contributed by atoms with E-state index in [1.807, 2.05) is 6.07 Å². The van der Waals surface area contributed by atoms with Gasteiger partial charge in [-0.15, -0.1) is 0 Å². The molecule has 1 aliphatic carbocycles. The fraction of sp³-hybridized carbons (Fsp3) is 0.500. The molecule has 0 aromatic heterocycles. The molecule has 1 unspecified atom stereocenters. The molecule has 2 rings (SSSR count). The number of benzene rings is 1. The number of hydrogen-bond acceptors (Lipinski definition) is 2. The summed E-state index contributed by atoms with van der Waals surface area (Å²) in [5, 5.41) is 0. The molecule has 2 heteroatoms. The van der Waals surface area contributed by atoms with Gasteiger partial charge in [0.1, 0.15) is 11.5 Å². The monoisotopic (exact) mass is 218 g/mol. The molecule has 1 aromatic rings. The second-order valence-corrected chi connectivity index (χ2v) is 4.55. The van der Waals surface area contributed by atoms with Crippen molar-refractivity contribution in [3.8, 4) is 5.75 Å². The average molecular weight is 218 g/mol. The molecule has 86 valence electrons. The van der Waals surface area contributed by atoms with E-state index in [2.05, 4.69) is 19.1 Å². The number of Topliss-reactive ketones (excluding diaryl/α,β-unsaturated/α-hetero) is 1. The summed E-state index contributed by atoms with van der Waals surface area (Å²) in [5.74, 6) is 1.72. The van der Waals surface area contributed by atoms with Crippen LogP contribution < -0.4 is 4.74 Å². The highest BCUT2D eigenvalue weighted by atomic mass is 16.5. The molecular weight excluding hydrogens is 200 g/mol. The van der Waals surface area contributed by atoms with Crippen molar-refractivity contribution in [1.82, 2.24) is 0 Å². The van der Waals surface area contributed by atoms with E-state index in [0.29, 0.717) is 18.1 Å². The van der Waals surface area contributed by atoms with Crippen molar-refractivity contribution < 1.29 is 9.53 Å². The molecule has 0 radical (unpaired) electrons. The maximum Gasteiger partial charge on any atom is 0.133 e. The van der Waals surface area contributed by atoms with Crippen LogP contribution in [0.4, 0.5) is 0 Å². The van der Waals surface area contributed by atoms with Gasteiger partial charge in [0, 0.05) is 12.8 Å². The molecule has 1 fully saturated rings. The minimum Gasteiger partial charge on any atom is -0.497 e.